The first-order valence-corrected chi connectivity index (χ1v) is 10.0. The fourth-order valence-electron chi connectivity index (χ4n) is 2.85. The molecule has 0 aliphatic carbocycles. The zero-order valence-electron chi connectivity index (χ0n) is 15.5. The zero-order chi connectivity index (χ0) is 20.1. The molecule has 0 fully saturated rings. The molecule has 6 nitrogen and oxygen atoms in total. The average Bonchev–Trinajstić information content (AvgIpc) is 3.16. The lowest BCUT2D eigenvalue weighted by atomic mass is 10.2. The van der Waals surface area contributed by atoms with Gasteiger partial charge in [0.25, 0.3) is 0 Å². The molecule has 0 spiro atoms. The molecule has 4 aromatic rings. The highest BCUT2D eigenvalue weighted by molar-refractivity contribution is 8.00. The summed E-state index contributed by atoms with van der Waals surface area (Å²) in [5.74, 6) is -0.198. The van der Waals surface area contributed by atoms with Gasteiger partial charge in [-0.3, -0.25) is 4.79 Å². The van der Waals surface area contributed by atoms with Crippen LogP contribution in [-0.4, -0.2) is 31.4 Å². The molecule has 0 atom stereocenters. The van der Waals surface area contributed by atoms with E-state index in [0.29, 0.717) is 18.1 Å². The number of fused-ring (bicyclic) bond motifs is 1. The Labute approximate surface area is 171 Å². The number of amides is 1. The quantitative estimate of drug-likeness (QED) is 0.375. The van der Waals surface area contributed by atoms with Crippen LogP contribution in [-0.2, 0) is 17.9 Å². The maximum Gasteiger partial charge on any atom is 0.230 e. The Bertz CT molecular complexity index is 1120. The van der Waals surface area contributed by atoms with Crippen molar-refractivity contribution in [2.24, 2.45) is 0 Å². The molecular formula is C21H18FN5OS. The van der Waals surface area contributed by atoms with Gasteiger partial charge in [0, 0.05) is 6.54 Å². The molecule has 0 aliphatic rings. The normalized spacial score (nSPS) is 10.9. The summed E-state index contributed by atoms with van der Waals surface area (Å²) in [7, 11) is 0. The van der Waals surface area contributed by atoms with Gasteiger partial charge in [0.15, 0.2) is 5.65 Å². The van der Waals surface area contributed by atoms with Crippen LogP contribution in [0, 0.1) is 5.82 Å². The molecule has 2 aromatic carbocycles. The number of carbonyl (C=O) groups excluding carboxylic acids is 1. The largest absolute Gasteiger partial charge is 0.351 e. The molecule has 0 radical (unpaired) electrons. The zero-order valence-corrected chi connectivity index (χ0v) is 16.3. The number of nitrogens with zero attached hydrogens (tertiary/aromatic N) is 4. The Hall–Kier alpha value is -3.26. The van der Waals surface area contributed by atoms with Crippen LogP contribution in [0.5, 0.6) is 0 Å². The summed E-state index contributed by atoms with van der Waals surface area (Å²) in [5, 5.41) is 8.79. The highest BCUT2D eigenvalue weighted by Crippen LogP contribution is 2.24. The molecule has 0 saturated carbocycles. The van der Waals surface area contributed by atoms with Gasteiger partial charge in [-0.25, -0.2) is 19.0 Å². The Kier molecular flexibility index (Phi) is 5.81. The van der Waals surface area contributed by atoms with Crippen LogP contribution in [0.4, 0.5) is 4.39 Å². The van der Waals surface area contributed by atoms with E-state index in [-0.39, 0.29) is 17.5 Å². The summed E-state index contributed by atoms with van der Waals surface area (Å²) >= 11 is 1.34. The second-order valence-electron chi connectivity index (χ2n) is 6.40. The molecule has 0 bridgehead atoms. The maximum atomic E-state index is 12.9. The third-order valence-corrected chi connectivity index (χ3v) is 5.32. The smallest absolute Gasteiger partial charge is 0.230 e. The molecule has 0 unspecified atom stereocenters. The summed E-state index contributed by atoms with van der Waals surface area (Å²) in [6.07, 6.45) is 3.22. The van der Waals surface area contributed by atoms with Gasteiger partial charge in [-0.15, -0.1) is 0 Å². The van der Waals surface area contributed by atoms with Crippen molar-refractivity contribution in [1.82, 2.24) is 25.1 Å². The van der Waals surface area contributed by atoms with Crippen LogP contribution in [0.25, 0.3) is 11.0 Å². The van der Waals surface area contributed by atoms with E-state index in [4.69, 9.17) is 0 Å². The Morgan fingerprint density at radius 2 is 1.83 bits per heavy atom. The van der Waals surface area contributed by atoms with Gasteiger partial charge in [0.05, 0.1) is 23.9 Å². The minimum absolute atomic E-state index is 0.122. The number of benzene rings is 2. The molecule has 146 valence electrons. The highest BCUT2D eigenvalue weighted by atomic mass is 32.2. The van der Waals surface area contributed by atoms with Gasteiger partial charge in [0.2, 0.25) is 5.91 Å². The van der Waals surface area contributed by atoms with E-state index in [2.05, 4.69) is 20.4 Å². The van der Waals surface area contributed by atoms with Crippen LogP contribution < -0.4 is 5.32 Å². The summed E-state index contributed by atoms with van der Waals surface area (Å²) < 4.78 is 14.8. The number of carbonyl (C=O) groups is 1. The van der Waals surface area contributed by atoms with Crippen molar-refractivity contribution in [2.45, 2.75) is 18.1 Å². The van der Waals surface area contributed by atoms with Crippen molar-refractivity contribution < 1.29 is 9.18 Å². The van der Waals surface area contributed by atoms with Crippen molar-refractivity contribution in [3.05, 3.63) is 84.1 Å². The fourth-order valence-corrected chi connectivity index (χ4v) is 3.64. The Morgan fingerprint density at radius 3 is 2.62 bits per heavy atom. The van der Waals surface area contributed by atoms with Crippen LogP contribution in [0.3, 0.4) is 0 Å². The lowest BCUT2D eigenvalue weighted by molar-refractivity contribution is -0.118. The van der Waals surface area contributed by atoms with E-state index >= 15 is 0 Å². The van der Waals surface area contributed by atoms with Gasteiger partial charge < -0.3 is 5.32 Å². The van der Waals surface area contributed by atoms with Gasteiger partial charge in [0.1, 0.15) is 17.2 Å². The van der Waals surface area contributed by atoms with Gasteiger partial charge in [-0.2, -0.15) is 5.10 Å². The van der Waals surface area contributed by atoms with Crippen molar-refractivity contribution in [2.75, 3.05) is 5.75 Å². The van der Waals surface area contributed by atoms with E-state index in [1.807, 2.05) is 35.0 Å². The molecule has 0 saturated heterocycles. The second-order valence-corrected chi connectivity index (χ2v) is 7.36. The van der Waals surface area contributed by atoms with E-state index < -0.39 is 0 Å². The molecule has 8 heteroatoms. The van der Waals surface area contributed by atoms with Gasteiger partial charge >= 0.3 is 0 Å². The molecule has 0 aliphatic heterocycles. The summed E-state index contributed by atoms with van der Waals surface area (Å²) in [4.78, 5) is 20.8. The number of hydrogen-bond acceptors (Lipinski definition) is 5. The first kappa shape index (κ1) is 19.1. The summed E-state index contributed by atoms with van der Waals surface area (Å²) in [6, 6.07) is 16.1. The lowest BCUT2D eigenvalue weighted by Gasteiger charge is -2.06. The molecule has 2 aromatic heterocycles. The number of nitrogens with one attached hydrogen (secondary N) is 1. The monoisotopic (exact) mass is 407 g/mol. The third-order valence-electron chi connectivity index (χ3n) is 4.32. The fraction of sp³-hybridized carbons (Fsp3) is 0.143. The summed E-state index contributed by atoms with van der Waals surface area (Å²) in [5.41, 5.74) is 2.71. The van der Waals surface area contributed by atoms with Crippen LogP contribution in [0.1, 0.15) is 11.1 Å². The third kappa shape index (κ3) is 4.78. The maximum absolute atomic E-state index is 12.9. The molecule has 4 rings (SSSR count). The van der Waals surface area contributed by atoms with E-state index in [1.165, 1.54) is 30.2 Å². The Morgan fingerprint density at radius 1 is 1.03 bits per heavy atom. The predicted octanol–water partition coefficient (Wildman–Crippen LogP) is 3.42. The van der Waals surface area contributed by atoms with Crippen LogP contribution >= 0.6 is 11.8 Å². The van der Waals surface area contributed by atoms with E-state index in [1.54, 1.807) is 18.3 Å². The van der Waals surface area contributed by atoms with Crippen molar-refractivity contribution in [1.29, 1.82) is 0 Å². The van der Waals surface area contributed by atoms with Crippen molar-refractivity contribution in [3.63, 3.8) is 0 Å². The first-order chi connectivity index (χ1) is 14.2. The number of rotatable bonds is 7. The number of halogens is 1. The number of thioether (sulfide) groups is 1. The van der Waals surface area contributed by atoms with Crippen molar-refractivity contribution >= 4 is 28.7 Å². The number of hydrogen-bond donors (Lipinski definition) is 1. The minimum atomic E-state index is -0.295. The Balaban J connectivity index is 1.39. The first-order valence-electron chi connectivity index (χ1n) is 9.03. The molecule has 1 amide bonds. The van der Waals surface area contributed by atoms with Crippen LogP contribution in [0.2, 0.25) is 0 Å². The average molecular weight is 407 g/mol. The van der Waals surface area contributed by atoms with E-state index in [0.717, 1.165) is 22.2 Å². The summed E-state index contributed by atoms with van der Waals surface area (Å²) in [6.45, 7) is 0.970. The van der Waals surface area contributed by atoms with Gasteiger partial charge in [-0.1, -0.05) is 54.2 Å². The van der Waals surface area contributed by atoms with E-state index in [9.17, 15) is 9.18 Å². The number of aromatic nitrogens is 4. The second kappa shape index (κ2) is 8.83. The van der Waals surface area contributed by atoms with Gasteiger partial charge in [-0.05, 0) is 23.3 Å². The minimum Gasteiger partial charge on any atom is -0.351 e. The lowest BCUT2D eigenvalue weighted by Crippen LogP contribution is -2.24. The van der Waals surface area contributed by atoms with Crippen LogP contribution in [0.15, 0.2) is 72.1 Å². The van der Waals surface area contributed by atoms with Crippen molar-refractivity contribution in [3.8, 4) is 0 Å². The topological polar surface area (TPSA) is 72.7 Å². The standard InChI is InChI=1S/C21H18FN5OS/c22-17-8-6-15(7-9-17)10-23-19(28)13-29-21-18-11-26-27(20(18)24-14-25-21)12-16-4-2-1-3-5-16/h1-9,11,14H,10,12-13H2,(H,23,28). The SMILES string of the molecule is O=C(CSc1ncnc2c1cnn2Cc1ccccc1)NCc1ccc(F)cc1. The molecule has 2 heterocycles. The molecular weight excluding hydrogens is 389 g/mol. The molecule has 29 heavy (non-hydrogen) atoms. The predicted molar refractivity (Wildman–Crippen MR) is 110 cm³/mol. The molecule has 1 N–H and O–H groups in total. The highest BCUT2D eigenvalue weighted by Gasteiger charge is 2.12.